The number of rotatable bonds is 2. The lowest BCUT2D eigenvalue weighted by Gasteiger charge is -2.40. The number of thiazole rings is 1. The second kappa shape index (κ2) is 6.23. The molecule has 1 aromatic rings. The molecule has 21 heavy (non-hydrogen) atoms. The minimum absolute atomic E-state index is 0.831. The number of hydrogen-bond donors (Lipinski definition) is 1. The average molecular weight is 306 g/mol. The van der Waals surface area contributed by atoms with E-state index in [2.05, 4.69) is 15.1 Å². The molecule has 3 aliphatic heterocycles. The zero-order valence-electron chi connectivity index (χ0n) is 12.8. The van der Waals surface area contributed by atoms with Gasteiger partial charge in [-0.05, 0) is 38.8 Å². The summed E-state index contributed by atoms with van der Waals surface area (Å²) in [6.45, 7) is 7.18. The summed E-state index contributed by atoms with van der Waals surface area (Å²) in [6.07, 6.45) is 8.01. The smallest absolute Gasteiger partial charge is 0.185 e. The van der Waals surface area contributed by atoms with Crippen molar-refractivity contribution >= 4 is 16.5 Å². The van der Waals surface area contributed by atoms with Crippen LogP contribution in [0.5, 0.6) is 0 Å². The van der Waals surface area contributed by atoms with E-state index in [0.29, 0.717) is 0 Å². The maximum atomic E-state index is 4.90. The summed E-state index contributed by atoms with van der Waals surface area (Å²) in [5.41, 5.74) is 1.35. The summed E-state index contributed by atoms with van der Waals surface area (Å²) in [4.78, 5) is 11.6. The molecule has 116 valence electrons. The quantitative estimate of drug-likeness (QED) is 0.908. The van der Waals surface area contributed by atoms with Crippen LogP contribution in [-0.4, -0.2) is 48.6 Å². The highest BCUT2D eigenvalue weighted by molar-refractivity contribution is 7.15. The predicted molar refractivity (Wildman–Crippen MR) is 88.2 cm³/mol. The molecule has 0 saturated carbocycles. The van der Waals surface area contributed by atoms with Crippen molar-refractivity contribution in [3.05, 3.63) is 10.6 Å². The number of nitrogens with one attached hydrogen (secondary N) is 1. The fourth-order valence-corrected chi connectivity index (χ4v) is 5.08. The summed E-state index contributed by atoms with van der Waals surface area (Å²) < 4.78 is 0. The van der Waals surface area contributed by atoms with Crippen molar-refractivity contribution in [1.29, 1.82) is 0 Å². The van der Waals surface area contributed by atoms with Gasteiger partial charge >= 0.3 is 0 Å². The van der Waals surface area contributed by atoms with Crippen molar-refractivity contribution in [3.63, 3.8) is 0 Å². The second-order valence-electron chi connectivity index (χ2n) is 6.61. The zero-order chi connectivity index (χ0) is 14.1. The normalized spacial score (nSPS) is 25.0. The van der Waals surface area contributed by atoms with E-state index in [9.17, 15) is 0 Å². The Balaban J connectivity index is 1.37. The average Bonchev–Trinajstić information content (AvgIpc) is 3.00. The Morgan fingerprint density at radius 2 is 1.86 bits per heavy atom. The molecule has 0 aliphatic carbocycles. The van der Waals surface area contributed by atoms with Crippen LogP contribution in [0.2, 0.25) is 0 Å². The highest BCUT2D eigenvalue weighted by atomic mass is 32.1. The van der Waals surface area contributed by atoms with Gasteiger partial charge in [-0.25, -0.2) is 4.98 Å². The zero-order valence-corrected chi connectivity index (χ0v) is 13.6. The van der Waals surface area contributed by atoms with Gasteiger partial charge in [-0.1, -0.05) is 6.42 Å². The van der Waals surface area contributed by atoms with Crippen molar-refractivity contribution in [1.82, 2.24) is 15.2 Å². The van der Waals surface area contributed by atoms with E-state index < -0.39 is 0 Å². The van der Waals surface area contributed by atoms with Gasteiger partial charge in [-0.3, -0.25) is 0 Å². The number of piperidine rings is 2. The van der Waals surface area contributed by atoms with E-state index in [0.717, 1.165) is 25.6 Å². The van der Waals surface area contributed by atoms with Crippen LogP contribution in [0.1, 0.15) is 42.7 Å². The molecule has 3 aliphatic rings. The monoisotopic (exact) mass is 306 g/mol. The summed E-state index contributed by atoms with van der Waals surface area (Å²) in [5, 5.41) is 4.73. The third-order valence-electron chi connectivity index (χ3n) is 5.23. The fraction of sp³-hybridized carbons (Fsp3) is 0.812. The van der Waals surface area contributed by atoms with E-state index in [-0.39, 0.29) is 0 Å². The standard InChI is InChI=1S/C16H26N4S/c1-2-8-19(9-3-1)13-5-10-20(11-6-13)16-18-14-4-7-17-12-15(14)21-16/h13,17H,1-12H2. The Morgan fingerprint density at radius 3 is 2.62 bits per heavy atom. The van der Waals surface area contributed by atoms with Crippen LogP contribution in [0.3, 0.4) is 0 Å². The molecule has 0 amide bonds. The first-order valence-corrected chi connectivity index (χ1v) is 9.40. The lowest BCUT2D eigenvalue weighted by molar-refractivity contribution is 0.141. The Bertz CT molecular complexity index is 449. The summed E-state index contributed by atoms with van der Waals surface area (Å²) in [7, 11) is 0. The van der Waals surface area contributed by atoms with Crippen molar-refractivity contribution in [3.8, 4) is 0 Å². The highest BCUT2D eigenvalue weighted by Crippen LogP contribution is 2.31. The first kappa shape index (κ1) is 14.0. The molecule has 2 fully saturated rings. The van der Waals surface area contributed by atoms with Gasteiger partial charge in [0.05, 0.1) is 5.69 Å². The number of fused-ring (bicyclic) bond motifs is 1. The molecule has 5 heteroatoms. The SMILES string of the molecule is C1CCN(C2CCN(c3nc4c(s3)CNCC4)CC2)CC1. The molecule has 0 radical (unpaired) electrons. The largest absolute Gasteiger partial charge is 0.348 e. The number of nitrogens with zero attached hydrogens (tertiary/aromatic N) is 3. The minimum Gasteiger partial charge on any atom is -0.348 e. The molecular weight excluding hydrogens is 280 g/mol. The predicted octanol–water partition coefficient (Wildman–Crippen LogP) is 2.24. The van der Waals surface area contributed by atoms with E-state index in [1.54, 1.807) is 0 Å². The summed E-state index contributed by atoms with van der Waals surface area (Å²) in [6, 6.07) is 0.831. The second-order valence-corrected chi connectivity index (χ2v) is 7.67. The maximum absolute atomic E-state index is 4.90. The number of aromatic nitrogens is 1. The van der Waals surface area contributed by atoms with Gasteiger partial charge in [0, 0.05) is 43.5 Å². The van der Waals surface area contributed by atoms with Crippen LogP contribution >= 0.6 is 11.3 Å². The Hall–Kier alpha value is -0.650. The molecule has 2 saturated heterocycles. The maximum Gasteiger partial charge on any atom is 0.185 e. The van der Waals surface area contributed by atoms with E-state index >= 15 is 0 Å². The van der Waals surface area contributed by atoms with Crippen LogP contribution < -0.4 is 10.2 Å². The van der Waals surface area contributed by atoms with Crippen molar-refractivity contribution in [2.24, 2.45) is 0 Å². The Labute approximate surface area is 131 Å². The lowest BCUT2D eigenvalue weighted by Crippen LogP contribution is -2.46. The molecular formula is C16H26N4S. The van der Waals surface area contributed by atoms with Crippen LogP contribution in [-0.2, 0) is 13.0 Å². The van der Waals surface area contributed by atoms with E-state index in [1.165, 1.54) is 74.0 Å². The van der Waals surface area contributed by atoms with Crippen LogP contribution in [0.15, 0.2) is 0 Å². The van der Waals surface area contributed by atoms with Crippen molar-refractivity contribution in [2.45, 2.75) is 51.1 Å². The number of likely N-dealkylation sites (tertiary alicyclic amines) is 1. The van der Waals surface area contributed by atoms with Gasteiger partial charge in [0.2, 0.25) is 0 Å². The van der Waals surface area contributed by atoms with Crippen LogP contribution in [0, 0.1) is 0 Å². The third-order valence-corrected chi connectivity index (χ3v) is 6.39. The van der Waals surface area contributed by atoms with Gasteiger partial charge in [0.15, 0.2) is 5.13 Å². The third kappa shape index (κ3) is 2.96. The molecule has 0 spiro atoms. The highest BCUT2D eigenvalue weighted by Gasteiger charge is 2.27. The van der Waals surface area contributed by atoms with E-state index in [4.69, 9.17) is 4.98 Å². The van der Waals surface area contributed by atoms with Gasteiger partial charge in [0.1, 0.15) is 0 Å². The summed E-state index contributed by atoms with van der Waals surface area (Å²) in [5.74, 6) is 0. The summed E-state index contributed by atoms with van der Waals surface area (Å²) >= 11 is 1.92. The van der Waals surface area contributed by atoms with E-state index in [1.807, 2.05) is 11.3 Å². The van der Waals surface area contributed by atoms with Gasteiger partial charge in [-0.2, -0.15) is 0 Å². The molecule has 4 rings (SSSR count). The molecule has 0 bridgehead atoms. The van der Waals surface area contributed by atoms with Crippen molar-refractivity contribution in [2.75, 3.05) is 37.6 Å². The van der Waals surface area contributed by atoms with Crippen LogP contribution in [0.4, 0.5) is 5.13 Å². The van der Waals surface area contributed by atoms with Crippen molar-refractivity contribution < 1.29 is 0 Å². The molecule has 4 heterocycles. The molecule has 1 N–H and O–H groups in total. The molecule has 4 nitrogen and oxygen atoms in total. The Kier molecular flexibility index (Phi) is 4.14. The number of anilines is 1. The number of hydrogen-bond acceptors (Lipinski definition) is 5. The van der Waals surface area contributed by atoms with Gasteiger partial charge in [-0.15, -0.1) is 11.3 Å². The lowest BCUT2D eigenvalue weighted by atomic mass is 10.0. The topological polar surface area (TPSA) is 31.4 Å². The molecule has 1 aromatic heterocycles. The minimum atomic E-state index is 0.831. The molecule has 0 aromatic carbocycles. The first-order chi connectivity index (χ1) is 10.4. The molecule has 0 atom stereocenters. The molecule has 0 unspecified atom stereocenters. The fourth-order valence-electron chi connectivity index (χ4n) is 3.95. The van der Waals surface area contributed by atoms with Gasteiger partial charge in [0.25, 0.3) is 0 Å². The first-order valence-electron chi connectivity index (χ1n) is 8.58. The van der Waals surface area contributed by atoms with Gasteiger partial charge < -0.3 is 15.1 Å². The van der Waals surface area contributed by atoms with Crippen LogP contribution in [0.25, 0.3) is 0 Å². The Morgan fingerprint density at radius 1 is 1.05 bits per heavy atom.